The molecule has 2 atom stereocenters. The van der Waals surface area contributed by atoms with Gasteiger partial charge in [0.05, 0.1) is 0 Å². The largest absolute Gasteiger partial charge is 0.598 e. The van der Waals surface area contributed by atoms with Crippen molar-refractivity contribution in [2.75, 3.05) is 0 Å². The minimum absolute atomic E-state index is 0.166. The molecular weight excluding hydrogens is 291 g/mol. The van der Waals surface area contributed by atoms with Crippen LogP contribution in [-0.4, -0.2) is 31.5 Å². The van der Waals surface area contributed by atoms with Crippen molar-refractivity contribution in [3.05, 3.63) is 24.3 Å². The summed E-state index contributed by atoms with van der Waals surface area (Å²) in [6, 6.07) is -1.82. The van der Waals surface area contributed by atoms with Crippen LogP contribution in [0.4, 0.5) is 13.2 Å². The smallest absolute Gasteiger partial charge is 0.408 e. The highest BCUT2D eigenvalue weighted by Gasteiger charge is 2.44. The van der Waals surface area contributed by atoms with Gasteiger partial charge in [-0.2, -0.15) is 13.2 Å². The summed E-state index contributed by atoms with van der Waals surface area (Å²) >= 11 is -1.77. The Balaban J connectivity index is 2.67. The second-order valence-electron chi connectivity index (χ2n) is 5.38. The number of aryl methyl sites for hydroxylation is 1. The van der Waals surface area contributed by atoms with Crippen LogP contribution in [0.2, 0.25) is 0 Å². The lowest BCUT2D eigenvalue weighted by atomic mass is 10.1. The molecule has 114 valence electrons. The maximum Gasteiger partial charge on any atom is 0.408 e. The molecule has 0 amide bonds. The summed E-state index contributed by atoms with van der Waals surface area (Å²) in [6.07, 6.45) is -0.228. The maximum atomic E-state index is 12.9. The van der Waals surface area contributed by atoms with Crippen molar-refractivity contribution in [3.8, 4) is 0 Å². The molecule has 0 radical (unpaired) electrons. The van der Waals surface area contributed by atoms with Crippen LogP contribution < -0.4 is 4.72 Å². The van der Waals surface area contributed by atoms with E-state index in [1.54, 1.807) is 20.8 Å². The molecule has 0 saturated carbocycles. The zero-order valence-electron chi connectivity index (χ0n) is 11.6. The van der Waals surface area contributed by atoms with Crippen molar-refractivity contribution in [3.63, 3.8) is 0 Å². The van der Waals surface area contributed by atoms with E-state index in [1.807, 2.05) is 0 Å². The Hall–Kier alpha value is -0.860. The van der Waals surface area contributed by atoms with Gasteiger partial charge in [-0.15, -0.1) is 4.72 Å². The van der Waals surface area contributed by atoms with E-state index in [0.717, 1.165) is 0 Å². The molecule has 0 aliphatic heterocycles. The van der Waals surface area contributed by atoms with E-state index >= 15 is 0 Å². The first-order valence-corrected chi connectivity index (χ1v) is 7.24. The van der Waals surface area contributed by atoms with E-state index in [-0.39, 0.29) is 12.8 Å². The fourth-order valence-corrected chi connectivity index (χ4v) is 2.23. The zero-order chi connectivity index (χ0) is 15.4. The lowest BCUT2D eigenvalue weighted by Gasteiger charge is -2.29. The third-order valence-electron chi connectivity index (χ3n) is 2.54. The third kappa shape index (κ3) is 5.64. The first kappa shape index (κ1) is 17.2. The Kier molecular flexibility index (Phi) is 5.79. The Labute approximate surface area is 119 Å². The summed E-state index contributed by atoms with van der Waals surface area (Å²) in [5.41, 5.74) is 0.616. The lowest BCUT2D eigenvalue weighted by Crippen LogP contribution is -2.50. The standard InChI is InChI=1S/C12H18F3N3OS/c1-11(2,3)20(19)18-10(12(13,14)15)5-4-9-6-16-8-17-7-9/h6-8,10,18H,4-5H2,1-3H3/t10?,20-/m1/s1. The third-order valence-corrected chi connectivity index (χ3v) is 4.15. The number of nitrogens with one attached hydrogen (secondary N) is 1. The number of halogens is 3. The van der Waals surface area contributed by atoms with Gasteiger partial charge in [-0.05, 0) is 39.2 Å². The summed E-state index contributed by atoms with van der Waals surface area (Å²) in [4.78, 5) is 7.50. The van der Waals surface area contributed by atoms with E-state index in [4.69, 9.17) is 0 Å². The van der Waals surface area contributed by atoms with Crippen LogP contribution in [0.3, 0.4) is 0 Å². The van der Waals surface area contributed by atoms with E-state index in [2.05, 4.69) is 14.7 Å². The van der Waals surface area contributed by atoms with Gasteiger partial charge in [-0.1, -0.05) is 0 Å². The molecule has 1 N–H and O–H groups in total. The normalized spacial score (nSPS) is 15.9. The predicted molar refractivity (Wildman–Crippen MR) is 71.2 cm³/mol. The number of nitrogens with zero attached hydrogens (tertiary/aromatic N) is 2. The molecule has 0 fully saturated rings. The van der Waals surface area contributed by atoms with Gasteiger partial charge >= 0.3 is 6.18 Å². The van der Waals surface area contributed by atoms with Gasteiger partial charge in [0.2, 0.25) is 0 Å². The molecule has 0 aliphatic carbocycles. The van der Waals surface area contributed by atoms with Gasteiger partial charge in [-0.3, -0.25) is 0 Å². The average Bonchev–Trinajstić information content (AvgIpc) is 2.32. The Morgan fingerprint density at radius 2 is 1.80 bits per heavy atom. The summed E-state index contributed by atoms with van der Waals surface area (Å²) < 4.78 is 52.1. The fraction of sp³-hybridized carbons (Fsp3) is 0.667. The summed E-state index contributed by atoms with van der Waals surface area (Å²) in [5, 5.41) is 0. The van der Waals surface area contributed by atoms with Gasteiger partial charge < -0.3 is 4.55 Å². The highest BCUT2D eigenvalue weighted by atomic mass is 32.2. The molecule has 20 heavy (non-hydrogen) atoms. The number of hydrogen-bond donors (Lipinski definition) is 1. The van der Waals surface area contributed by atoms with Crippen LogP contribution in [0.15, 0.2) is 18.7 Å². The zero-order valence-corrected chi connectivity index (χ0v) is 12.4. The quantitative estimate of drug-likeness (QED) is 0.848. The van der Waals surface area contributed by atoms with Crippen LogP contribution in [0.5, 0.6) is 0 Å². The summed E-state index contributed by atoms with van der Waals surface area (Å²) in [5.74, 6) is 0. The highest BCUT2D eigenvalue weighted by Crippen LogP contribution is 2.26. The monoisotopic (exact) mass is 309 g/mol. The van der Waals surface area contributed by atoms with Crippen molar-refractivity contribution < 1.29 is 17.7 Å². The van der Waals surface area contributed by atoms with Gasteiger partial charge in [0.15, 0.2) is 0 Å². The van der Waals surface area contributed by atoms with Gasteiger partial charge in [0, 0.05) is 23.8 Å². The topological polar surface area (TPSA) is 60.9 Å². The highest BCUT2D eigenvalue weighted by molar-refractivity contribution is 7.90. The number of alkyl halides is 3. The first-order valence-electron chi connectivity index (χ1n) is 6.09. The second kappa shape index (κ2) is 6.73. The molecule has 1 heterocycles. The van der Waals surface area contributed by atoms with Crippen molar-refractivity contribution in [2.45, 2.75) is 50.6 Å². The number of hydrogen-bond acceptors (Lipinski definition) is 4. The predicted octanol–water partition coefficient (Wildman–Crippen LogP) is 2.39. The molecule has 0 aliphatic rings. The van der Waals surface area contributed by atoms with Crippen molar-refractivity contribution in [2.24, 2.45) is 0 Å². The number of rotatable bonds is 5. The minimum Gasteiger partial charge on any atom is -0.598 e. The molecular formula is C12H18F3N3OS. The van der Waals surface area contributed by atoms with Crippen LogP contribution in [0.1, 0.15) is 32.8 Å². The molecule has 0 saturated heterocycles. The Morgan fingerprint density at radius 3 is 2.25 bits per heavy atom. The molecule has 8 heteroatoms. The van der Waals surface area contributed by atoms with Gasteiger partial charge in [-0.25, -0.2) is 9.97 Å². The van der Waals surface area contributed by atoms with E-state index in [1.165, 1.54) is 18.7 Å². The molecule has 0 bridgehead atoms. The molecule has 1 aromatic rings. The Bertz CT molecular complexity index is 409. The molecule has 1 aromatic heterocycles. The molecule has 1 rings (SSSR count). The van der Waals surface area contributed by atoms with E-state index in [9.17, 15) is 17.7 Å². The van der Waals surface area contributed by atoms with Crippen LogP contribution in [0, 0.1) is 0 Å². The average molecular weight is 309 g/mol. The van der Waals surface area contributed by atoms with Crippen molar-refractivity contribution in [1.29, 1.82) is 0 Å². The van der Waals surface area contributed by atoms with Crippen molar-refractivity contribution >= 4 is 11.4 Å². The molecule has 4 nitrogen and oxygen atoms in total. The summed E-state index contributed by atoms with van der Waals surface area (Å²) in [7, 11) is 0. The van der Waals surface area contributed by atoms with Crippen molar-refractivity contribution in [1.82, 2.24) is 14.7 Å². The minimum atomic E-state index is -4.45. The Morgan fingerprint density at radius 1 is 1.25 bits per heavy atom. The summed E-state index contributed by atoms with van der Waals surface area (Å²) in [6.45, 7) is 4.86. The molecule has 0 aromatic carbocycles. The van der Waals surface area contributed by atoms with Gasteiger partial charge in [0.1, 0.15) is 17.1 Å². The molecule has 1 unspecified atom stereocenters. The first-order chi connectivity index (χ1) is 9.10. The SMILES string of the molecule is CC(C)(C)[S@@+]([O-])NC(CCc1cncnc1)C(F)(F)F. The maximum absolute atomic E-state index is 12.9. The number of aromatic nitrogens is 2. The van der Waals surface area contributed by atoms with Crippen LogP contribution >= 0.6 is 0 Å². The second-order valence-corrected chi connectivity index (χ2v) is 7.38. The molecule has 0 spiro atoms. The lowest BCUT2D eigenvalue weighted by molar-refractivity contribution is -0.152. The van der Waals surface area contributed by atoms with E-state index < -0.39 is 28.3 Å². The fourth-order valence-electron chi connectivity index (χ4n) is 1.37. The van der Waals surface area contributed by atoms with Gasteiger partial charge in [0.25, 0.3) is 0 Å². The van der Waals surface area contributed by atoms with E-state index in [0.29, 0.717) is 5.56 Å². The van der Waals surface area contributed by atoms with Crippen LogP contribution in [0.25, 0.3) is 0 Å². The van der Waals surface area contributed by atoms with Crippen LogP contribution in [-0.2, 0) is 17.8 Å².